The average molecular weight is 300 g/mol. The van der Waals surface area contributed by atoms with Gasteiger partial charge in [0, 0.05) is 0 Å². The second kappa shape index (κ2) is 6.10. The second-order valence-electron chi connectivity index (χ2n) is 5.70. The molecule has 2 rings (SSSR count). The van der Waals surface area contributed by atoms with E-state index >= 15 is 0 Å². The third-order valence-corrected chi connectivity index (χ3v) is 4.40. The number of carbonyl (C=O) groups excluding carboxylic acids is 1. The summed E-state index contributed by atoms with van der Waals surface area (Å²) in [6, 6.07) is 3.68. The topological polar surface area (TPSA) is 49.3 Å². The molecule has 2 N–H and O–H groups in total. The van der Waals surface area contributed by atoms with Crippen molar-refractivity contribution in [3.05, 3.63) is 34.6 Å². The first-order chi connectivity index (χ1) is 9.46. The standard InChI is InChI=1S/C15H19ClFNO2/c1-10-4-6-15(9-19,7-5-10)18-14(20)12-3-2-11(17)8-13(12)16/h2-3,8,10,19H,4-7,9H2,1H3,(H,18,20). The predicted octanol–water partition coefficient (Wildman–Crippen LogP) is 3.15. The number of amides is 1. The van der Waals surface area contributed by atoms with Gasteiger partial charge < -0.3 is 10.4 Å². The molecule has 0 atom stereocenters. The highest BCUT2D eigenvalue weighted by atomic mass is 35.5. The molecule has 1 aromatic carbocycles. The van der Waals surface area contributed by atoms with E-state index in [1.807, 2.05) is 0 Å². The molecule has 3 nitrogen and oxygen atoms in total. The van der Waals surface area contributed by atoms with Gasteiger partial charge in [-0.1, -0.05) is 18.5 Å². The minimum atomic E-state index is -0.582. The van der Waals surface area contributed by atoms with Crippen molar-refractivity contribution in [3.63, 3.8) is 0 Å². The summed E-state index contributed by atoms with van der Waals surface area (Å²) in [5.74, 6) is -0.227. The van der Waals surface area contributed by atoms with Crippen LogP contribution < -0.4 is 5.32 Å². The number of rotatable bonds is 3. The number of nitrogens with one attached hydrogen (secondary N) is 1. The summed E-state index contributed by atoms with van der Waals surface area (Å²) in [5.41, 5.74) is -0.346. The van der Waals surface area contributed by atoms with E-state index in [4.69, 9.17) is 11.6 Å². The average Bonchev–Trinajstić information content (AvgIpc) is 2.41. The van der Waals surface area contributed by atoms with Crippen molar-refractivity contribution in [3.8, 4) is 0 Å². The Hall–Kier alpha value is -1.13. The maximum absolute atomic E-state index is 13.0. The Morgan fingerprint density at radius 1 is 1.50 bits per heavy atom. The van der Waals surface area contributed by atoms with E-state index in [9.17, 15) is 14.3 Å². The highest BCUT2D eigenvalue weighted by Gasteiger charge is 2.35. The monoisotopic (exact) mass is 299 g/mol. The molecule has 1 aliphatic rings. The summed E-state index contributed by atoms with van der Waals surface area (Å²) in [4.78, 5) is 12.3. The van der Waals surface area contributed by atoms with Crippen molar-refractivity contribution in [1.29, 1.82) is 0 Å². The van der Waals surface area contributed by atoms with Crippen molar-refractivity contribution in [2.45, 2.75) is 38.1 Å². The third-order valence-electron chi connectivity index (χ3n) is 4.09. The van der Waals surface area contributed by atoms with Crippen molar-refractivity contribution < 1.29 is 14.3 Å². The zero-order chi connectivity index (χ0) is 14.8. The van der Waals surface area contributed by atoms with E-state index in [1.165, 1.54) is 12.1 Å². The van der Waals surface area contributed by atoms with Gasteiger partial charge in [0.15, 0.2) is 0 Å². The quantitative estimate of drug-likeness (QED) is 0.901. The molecule has 0 aliphatic heterocycles. The number of aliphatic hydroxyl groups is 1. The SMILES string of the molecule is CC1CCC(CO)(NC(=O)c2ccc(F)cc2Cl)CC1. The summed E-state index contributed by atoms with van der Waals surface area (Å²) in [6.07, 6.45) is 3.43. The minimum Gasteiger partial charge on any atom is -0.394 e. The van der Waals surface area contributed by atoms with Crippen LogP contribution >= 0.6 is 11.6 Å². The Balaban J connectivity index is 2.13. The Morgan fingerprint density at radius 3 is 2.70 bits per heavy atom. The first kappa shape index (κ1) is 15.3. The Morgan fingerprint density at radius 2 is 2.15 bits per heavy atom. The van der Waals surface area contributed by atoms with Gasteiger partial charge in [-0.05, 0) is 49.8 Å². The second-order valence-corrected chi connectivity index (χ2v) is 6.11. The zero-order valence-electron chi connectivity index (χ0n) is 11.5. The van der Waals surface area contributed by atoms with Crippen molar-refractivity contribution >= 4 is 17.5 Å². The Labute approximate surface area is 123 Å². The summed E-state index contributed by atoms with van der Waals surface area (Å²) in [5, 5.41) is 12.6. The Bertz CT molecular complexity index is 499. The molecule has 1 saturated carbocycles. The molecule has 1 aromatic rings. The molecule has 0 saturated heterocycles. The minimum absolute atomic E-state index is 0.0831. The molecule has 0 aromatic heterocycles. The van der Waals surface area contributed by atoms with E-state index in [0.717, 1.165) is 31.7 Å². The lowest BCUT2D eigenvalue weighted by atomic mass is 9.77. The molecule has 1 fully saturated rings. The first-order valence-electron chi connectivity index (χ1n) is 6.84. The fourth-order valence-electron chi connectivity index (χ4n) is 2.62. The van der Waals surface area contributed by atoms with Gasteiger partial charge in [-0.3, -0.25) is 4.79 Å². The van der Waals surface area contributed by atoms with Gasteiger partial charge in [-0.2, -0.15) is 0 Å². The molecule has 1 aliphatic carbocycles. The first-order valence-corrected chi connectivity index (χ1v) is 7.22. The summed E-state index contributed by atoms with van der Waals surface area (Å²) in [6.45, 7) is 2.07. The lowest BCUT2D eigenvalue weighted by molar-refractivity contribution is 0.0717. The van der Waals surface area contributed by atoms with E-state index in [0.29, 0.717) is 5.92 Å². The van der Waals surface area contributed by atoms with E-state index in [1.54, 1.807) is 0 Å². The van der Waals surface area contributed by atoms with Gasteiger partial charge in [-0.15, -0.1) is 0 Å². The molecular formula is C15H19ClFNO2. The van der Waals surface area contributed by atoms with Crippen LogP contribution in [0.5, 0.6) is 0 Å². The molecule has 0 radical (unpaired) electrons. The van der Waals surface area contributed by atoms with Crippen molar-refractivity contribution in [2.24, 2.45) is 5.92 Å². The van der Waals surface area contributed by atoms with Crippen LogP contribution in [0.2, 0.25) is 5.02 Å². The smallest absolute Gasteiger partial charge is 0.253 e. The normalized spacial score (nSPS) is 26.3. The van der Waals surface area contributed by atoms with Crippen LogP contribution in [0.15, 0.2) is 18.2 Å². The number of aliphatic hydroxyl groups excluding tert-OH is 1. The van der Waals surface area contributed by atoms with Gasteiger partial charge in [0.25, 0.3) is 5.91 Å². The molecule has 0 unspecified atom stereocenters. The van der Waals surface area contributed by atoms with Crippen LogP contribution in [0.1, 0.15) is 43.0 Å². The maximum atomic E-state index is 13.0. The maximum Gasteiger partial charge on any atom is 0.253 e. The van der Waals surface area contributed by atoms with E-state index in [-0.39, 0.29) is 23.1 Å². The fourth-order valence-corrected chi connectivity index (χ4v) is 2.87. The highest BCUT2D eigenvalue weighted by Crippen LogP contribution is 2.32. The van der Waals surface area contributed by atoms with Crippen molar-refractivity contribution in [2.75, 3.05) is 6.61 Å². The molecule has 20 heavy (non-hydrogen) atoms. The van der Waals surface area contributed by atoms with Gasteiger partial charge in [0.05, 0.1) is 22.7 Å². The van der Waals surface area contributed by atoms with Crippen molar-refractivity contribution in [1.82, 2.24) is 5.32 Å². The summed E-state index contributed by atoms with van der Waals surface area (Å²) < 4.78 is 13.0. The number of carbonyl (C=O) groups is 1. The highest BCUT2D eigenvalue weighted by molar-refractivity contribution is 6.33. The Kier molecular flexibility index (Phi) is 4.66. The van der Waals surface area contributed by atoms with Crippen LogP contribution in [0, 0.1) is 11.7 Å². The molecule has 110 valence electrons. The number of hydrogen-bond donors (Lipinski definition) is 2. The van der Waals surface area contributed by atoms with E-state index < -0.39 is 11.4 Å². The lowest BCUT2D eigenvalue weighted by Gasteiger charge is -2.38. The van der Waals surface area contributed by atoms with Gasteiger partial charge in [0.1, 0.15) is 5.82 Å². The van der Waals surface area contributed by atoms with Crippen LogP contribution in [0.25, 0.3) is 0 Å². The molecule has 0 spiro atoms. The fraction of sp³-hybridized carbons (Fsp3) is 0.533. The van der Waals surface area contributed by atoms with Gasteiger partial charge in [0.2, 0.25) is 0 Å². The largest absolute Gasteiger partial charge is 0.394 e. The zero-order valence-corrected chi connectivity index (χ0v) is 12.2. The summed E-state index contributed by atoms with van der Waals surface area (Å²) in [7, 11) is 0. The molecular weight excluding hydrogens is 281 g/mol. The van der Waals surface area contributed by atoms with Crippen LogP contribution in [0.4, 0.5) is 4.39 Å². The number of benzene rings is 1. The van der Waals surface area contributed by atoms with Gasteiger partial charge >= 0.3 is 0 Å². The molecule has 5 heteroatoms. The molecule has 0 bridgehead atoms. The predicted molar refractivity (Wildman–Crippen MR) is 76.3 cm³/mol. The van der Waals surface area contributed by atoms with Crippen LogP contribution in [-0.2, 0) is 0 Å². The molecule has 1 amide bonds. The van der Waals surface area contributed by atoms with Gasteiger partial charge in [-0.25, -0.2) is 4.39 Å². The van der Waals surface area contributed by atoms with E-state index in [2.05, 4.69) is 12.2 Å². The number of halogens is 2. The lowest BCUT2D eigenvalue weighted by Crippen LogP contribution is -2.53. The van der Waals surface area contributed by atoms with Crippen LogP contribution in [-0.4, -0.2) is 23.2 Å². The third kappa shape index (κ3) is 3.30. The number of hydrogen-bond acceptors (Lipinski definition) is 2. The summed E-state index contributed by atoms with van der Waals surface area (Å²) >= 11 is 5.89. The van der Waals surface area contributed by atoms with Crippen LogP contribution in [0.3, 0.4) is 0 Å². The molecule has 0 heterocycles.